The second kappa shape index (κ2) is 8.88. The maximum atomic E-state index is 12.1. The van der Waals surface area contributed by atoms with Crippen LogP contribution in [0.3, 0.4) is 0 Å². The van der Waals surface area contributed by atoms with Gasteiger partial charge in [0.15, 0.2) is 0 Å². The Morgan fingerprint density at radius 1 is 0.533 bits per heavy atom. The molecule has 2 N–H and O–H groups in total. The first-order chi connectivity index (χ1) is 14.7. The van der Waals surface area contributed by atoms with E-state index in [0.717, 1.165) is 32.7 Å². The Labute approximate surface area is 174 Å². The van der Waals surface area contributed by atoms with Crippen molar-refractivity contribution in [2.24, 2.45) is 0 Å². The van der Waals surface area contributed by atoms with E-state index < -0.39 is 11.8 Å². The summed E-state index contributed by atoms with van der Waals surface area (Å²) in [5.74, 6) is -0.815. The first kappa shape index (κ1) is 19.2. The highest BCUT2D eigenvalue weighted by molar-refractivity contribution is 6.00. The van der Waals surface area contributed by atoms with Crippen LogP contribution in [0.1, 0.15) is 11.1 Å². The van der Waals surface area contributed by atoms with E-state index in [4.69, 9.17) is 0 Å². The monoisotopic (exact) mass is 392 g/mol. The van der Waals surface area contributed by atoms with Crippen LogP contribution < -0.4 is 10.9 Å². The van der Waals surface area contributed by atoms with Crippen molar-refractivity contribution in [3.63, 3.8) is 0 Å². The molecule has 0 unspecified atom stereocenters. The molecule has 0 fully saturated rings. The quantitative estimate of drug-likeness (QED) is 0.385. The lowest BCUT2D eigenvalue weighted by Gasteiger charge is -2.04. The fourth-order valence-electron chi connectivity index (χ4n) is 3.33. The second-order valence-corrected chi connectivity index (χ2v) is 6.78. The third-order valence-electron chi connectivity index (χ3n) is 4.78. The predicted octanol–water partition coefficient (Wildman–Crippen LogP) is 4.87. The van der Waals surface area contributed by atoms with Gasteiger partial charge in [0.25, 0.3) is 11.8 Å². The Kier molecular flexibility index (Phi) is 5.67. The topological polar surface area (TPSA) is 58.2 Å². The number of fused-ring (bicyclic) bond motifs is 2. The van der Waals surface area contributed by atoms with Gasteiger partial charge >= 0.3 is 0 Å². The summed E-state index contributed by atoms with van der Waals surface area (Å²) >= 11 is 0. The van der Waals surface area contributed by atoms with E-state index >= 15 is 0 Å². The minimum Gasteiger partial charge on any atom is -0.268 e. The van der Waals surface area contributed by atoms with E-state index in [2.05, 4.69) is 10.9 Å². The lowest BCUT2D eigenvalue weighted by molar-refractivity contribution is -0.123. The SMILES string of the molecule is O=C(C=Cc1cccc2ccccc12)NNC(=O)C=Cc1cccc2ccccc12. The fourth-order valence-corrected chi connectivity index (χ4v) is 3.33. The Bertz CT molecular complexity index is 1180. The van der Waals surface area contributed by atoms with Crippen LogP contribution in [0.4, 0.5) is 0 Å². The highest BCUT2D eigenvalue weighted by Crippen LogP contribution is 2.20. The van der Waals surface area contributed by atoms with Crippen molar-refractivity contribution in [1.82, 2.24) is 10.9 Å². The maximum Gasteiger partial charge on any atom is 0.262 e. The number of nitrogens with one attached hydrogen (secondary N) is 2. The van der Waals surface area contributed by atoms with Crippen molar-refractivity contribution in [1.29, 1.82) is 0 Å². The maximum absolute atomic E-state index is 12.1. The van der Waals surface area contributed by atoms with Crippen LogP contribution in [0, 0.1) is 0 Å². The van der Waals surface area contributed by atoms with Gasteiger partial charge in [-0.2, -0.15) is 0 Å². The van der Waals surface area contributed by atoms with Crippen molar-refractivity contribution in [3.8, 4) is 0 Å². The highest BCUT2D eigenvalue weighted by Gasteiger charge is 2.01. The molecule has 0 saturated carbocycles. The van der Waals surface area contributed by atoms with Gasteiger partial charge in [-0.15, -0.1) is 0 Å². The smallest absolute Gasteiger partial charge is 0.262 e. The Morgan fingerprint density at radius 2 is 0.933 bits per heavy atom. The van der Waals surface area contributed by atoms with Crippen LogP contribution in [0.2, 0.25) is 0 Å². The van der Waals surface area contributed by atoms with Crippen LogP contribution in [-0.4, -0.2) is 11.8 Å². The molecule has 2 amide bonds. The van der Waals surface area contributed by atoms with Crippen LogP contribution in [0.5, 0.6) is 0 Å². The zero-order chi connectivity index (χ0) is 20.8. The van der Waals surface area contributed by atoms with E-state index in [1.807, 2.05) is 84.9 Å². The minimum atomic E-state index is -0.408. The van der Waals surface area contributed by atoms with Crippen molar-refractivity contribution >= 4 is 45.5 Å². The summed E-state index contributed by atoms with van der Waals surface area (Å²) in [6.45, 7) is 0. The number of rotatable bonds is 4. The first-order valence-electron chi connectivity index (χ1n) is 9.62. The molecule has 0 aliphatic rings. The molecular formula is C26H20N2O2. The van der Waals surface area contributed by atoms with E-state index in [1.54, 1.807) is 12.2 Å². The summed E-state index contributed by atoms with van der Waals surface area (Å²) in [6, 6.07) is 27.8. The Balaban J connectivity index is 1.37. The molecule has 0 aromatic heterocycles. The van der Waals surface area contributed by atoms with E-state index in [1.165, 1.54) is 12.2 Å². The minimum absolute atomic E-state index is 0.408. The number of carbonyl (C=O) groups excluding carboxylic acids is 2. The third-order valence-corrected chi connectivity index (χ3v) is 4.78. The molecule has 0 spiro atoms. The largest absolute Gasteiger partial charge is 0.268 e. The molecule has 4 aromatic carbocycles. The number of hydrazine groups is 1. The second-order valence-electron chi connectivity index (χ2n) is 6.78. The number of amides is 2. The van der Waals surface area contributed by atoms with Gasteiger partial charge in [0.2, 0.25) is 0 Å². The molecule has 0 heterocycles. The van der Waals surface area contributed by atoms with Gasteiger partial charge in [-0.25, -0.2) is 0 Å². The molecule has 146 valence electrons. The van der Waals surface area contributed by atoms with Gasteiger partial charge in [0.05, 0.1) is 0 Å². The van der Waals surface area contributed by atoms with Gasteiger partial charge < -0.3 is 0 Å². The molecule has 30 heavy (non-hydrogen) atoms. The average Bonchev–Trinajstić information content (AvgIpc) is 2.80. The average molecular weight is 392 g/mol. The molecule has 4 nitrogen and oxygen atoms in total. The summed E-state index contributed by atoms with van der Waals surface area (Å²) in [7, 11) is 0. The molecule has 4 aromatic rings. The lowest BCUT2D eigenvalue weighted by Crippen LogP contribution is -2.39. The Hall–Kier alpha value is -4.18. The van der Waals surface area contributed by atoms with Crippen LogP contribution in [0.25, 0.3) is 33.7 Å². The van der Waals surface area contributed by atoms with Crippen molar-refractivity contribution in [2.45, 2.75) is 0 Å². The molecule has 0 atom stereocenters. The van der Waals surface area contributed by atoms with Crippen molar-refractivity contribution < 1.29 is 9.59 Å². The summed E-state index contributed by atoms with van der Waals surface area (Å²) in [4.78, 5) is 24.1. The molecule has 0 aliphatic carbocycles. The van der Waals surface area contributed by atoms with Gasteiger partial charge in [-0.3, -0.25) is 20.4 Å². The fraction of sp³-hybridized carbons (Fsp3) is 0. The summed E-state index contributed by atoms with van der Waals surface area (Å²) < 4.78 is 0. The number of hydrogen-bond donors (Lipinski definition) is 2. The molecule has 4 rings (SSSR count). The normalized spacial score (nSPS) is 11.3. The molecular weight excluding hydrogens is 372 g/mol. The Morgan fingerprint density at radius 3 is 1.40 bits per heavy atom. The molecule has 4 heteroatoms. The molecule has 0 bridgehead atoms. The summed E-state index contributed by atoms with van der Waals surface area (Å²) in [6.07, 6.45) is 6.26. The molecule has 0 aliphatic heterocycles. The third kappa shape index (κ3) is 4.45. The van der Waals surface area contributed by atoms with Crippen molar-refractivity contribution in [2.75, 3.05) is 0 Å². The predicted molar refractivity (Wildman–Crippen MR) is 122 cm³/mol. The zero-order valence-electron chi connectivity index (χ0n) is 16.2. The zero-order valence-corrected chi connectivity index (χ0v) is 16.2. The van der Waals surface area contributed by atoms with Crippen LogP contribution in [-0.2, 0) is 9.59 Å². The highest BCUT2D eigenvalue weighted by atomic mass is 16.2. The van der Waals surface area contributed by atoms with Gasteiger partial charge in [-0.1, -0.05) is 84.9 Å². The van der Waals surface area contributed by atoms with E-state index in [-0.39, 0.29) is 0 Å². The molecule has 0 saturated heterocycles. The van der Waals surface area contributed by atoms with Gasteiger partial charge in [-0.05, 0) is 44.8 Å². The van der Waals surface area contributed by atoms with Crippen LogP contribution in [0.15, 0.2) is 97.1 Å². The van der Waals surface area contributed by atoms with Crippen molar-refractivity contribution in [3.05, 3.63) is 108 Å². The first-order valence-corrected chi connectivity index (χ1v) is 9.62. The summed E-state index contributed by atoms with van der Waals surface area (Å²) in [5.41, 5.74) is 6.67. The summed E-state index contributed by atoms with van der Waals surface area (Å²) in [5, 5.41) is 4.33. The lowest BCUT2D eigenvalue weighted by atomic mass is 10.0. The van der Waals surface area contributed by atoms with Gasteiger partial charge in [0, 0.05) is 12.2 Å². The van der Waals surface area contributed by atoms with E-state index in [9.17, 15) is 9.59 Å². The van der Waals surface area contributed by atoms with Gasteiger partial charge in [0.1, 0.15) is 0 Å². The van der Waals surface area contributed by atoms with E-state index in [0.29, 0.717) is 0 Å². The number of benzene rings is 4. The van der Waals surface area contributed by atoms with Crippen LogP contribution >= 0.6 is 0 Å². The number of hydrogen-bond acceptors (Lipinski definition) is 2. The number of carbonyl (C=O) groups is 2. The molecule has 0 radical (unpaired) electrons. The standard InChI is InChI=1S/C26H20N2O2/c29-25(17-15-21-11-5-9-19-7-1-3-13-23(19)21)27-28-26(30)18-16-22-12-6-10-20-8-2-4-14-24(20)22/h1-18H,(H,27,29)(H,28,30).